The number of furan rings is 4. The molecule has 106 heavy (non-hydrogen) atoms. The van der Waals surface area contributed by atoms with Crippen LogP contribution in [0.25, 0.3) is 243 Å². The summed E-state index contributed by atoms with van der Waals surface area (Å²) in [5, 5.41) is 20.8. The molecule has 16 aromatic carbocycles. The highest BCUT2D eigenvalue weighted by Crippen LogP contribution is 2.47. The molecule has 10 nitrogen and oxygen atoms in total. The zero-order chi connectivity index (χ0) is 69.0. The van der Waals surface area contributed by atoms with Crippen molar-refractivity contribution in [3.05, 3.63) is 315 Å². The average molecular weight is 1350 g/mol. The number of hydrogen-bond donors (Lipinski definition) is 0. The third kappa shape index (κ3) is 8.25. The highest BCUT2D eigenvalue weighted by atomic mass is 16.3. The summed E-state index contributed by atoms with van der Waals surface area (Å²) in [6.07, 6.45) is 0. The van der Waals surface area contributed by atoms with Gasteiger partial charge < -0.3 is 17.7 Å². The number of hydrogen-bond acceptors (Lipinski definition) is 8. The van der Waals surface area contributed by atoms with Crippen LogP contribution in [0.15, 0.2) is 333 Å². The molecule has 10 heteroatoms. The second kappa shape index (κ2) is 21.5. The molecule has 0 aliphatic heterocycles. The summed E-state index contributed by atoms with van der Waals surface area (Å²) < 4.78 is 31.8. The van der Waals surface area contributed by atoms with Crippen molar-refractivity contribution >= 4 is 175 Å². The Morgan fingerprint density at radius 2 is 0.585 bits per heavy atom. The Labute approximate surface area is 601 Å². The van der Waals surface area contributed by atoms with Crippen molar-refractivity contribution in [2.75, 3.05) is 0 Å². The van der Waals surface area contributed by atoms with E-state index in [0.29, 0.717) is 34.5 Å². The normalized spacial score (nSPS) is 12.3. The molecule has 0 unspecified atom stereocenters. The summed E-state index contributed by atoms with van der Waals surface area (Å²) in [5.74, 6) is 1.06. The van der Waals surface area contributed by atoms with E-state index in [4.69, 9.17) is 37.6 Å². The lowest BCUT2D eigenvalue weighted by Crippen LogP contribution is -2.03. The van der Waals surface area contributed by atoms with Crippen LogP contribution in [-0.4, -0.2) is 29.1 Å². The minimum absolute atomic E-state index is 0.499. The van der Waals surface area contributed by atoms with Crippen LogP contribution in [0.1, 0.15) is 0 Å². The second-order valence-electron chi connectivity index (χ2n) is 27.9. The highest BCUT2D eigenvalue weighted by Gasteiger charge is 2.27. The molecule has 0 saturated heterocycles. The molecule has 0 N–H and O–H groups in total. The van der Waals surface area contributed by atoms with Crippen LogP contribution in [0.4, 0.5) is 0 Å². The van der Waals surface area contributed by atoms with Crippen molar-refractivity contribution in [2.45, 2.75) is 0 Å². The Kier molecular flexibility index (Phi) is 11.6. The van der Waals surface area contributed by atoms with Gasteiger partial charge in [-0.2, -0.15) is 4.98 Å². The van der Waals surface area contributed by atoms with Crippen molar-refractivity contribution in [1.29, 1.82) is 0 Å². The molecule has 0 saturated carbocycles. The first-order valence-electron chi connectivity index (χ1n) is 35.7. The van der Waals surface area contributed by atoms with E-state index in [9.17, 15) is 0 Å². The number of aromatic nitrogens is 6. The van der Waals surface area contributed by atoms with E-state index < -0.39 is 0 Å². The molecule has 8 aromatic heterocycles. The zero-order valence-electron chi connectivity index (χ0n) is 56.3. The molecule has 0 aliphatic rings. The van der Waals surface area contributed by atoms with Crippen LogP contribution in [0, 0.1) is 0 Å². The van der Waals surface area contributed by atoms with Gasteiger partial charge in [0, 0.05) is 65.0 Å². The number of fused-ring (bicyclic) bond motifs is 26. The van der Waals surface area contributed by atoms with Crippen LogP contribution in [-0.2, 0) is 0 Å². The number of para-hydroxylation sites is 1. The van der Waals surface area contributed by atoms with Crippen molar-refractivity contribution in [1.82, 2.24) is 29.1 Å². The van der Waals surface area contributed by atoms with Crippen molar-refractivity contribution in [2.24, 2.45) is 0 Å². The second-order valence-corrected chi connectivity index (χ2v) is 27.9. The molecular formula is C96H52N6O4. The molecule has 24 rings (SSSR count). The lowest BCUT2D eigenvalue weighted by molar-refractivity contribution is 0.651. The van der Waals surface area contributed by atoms with Gasteiger partial charge in [-0.25, -0.2) is 15.0 Å². The van der Waals surface area contributed by atoms with E-state index in [1.54, 1.807) is 0 Å². The van der Waals surface area contributed by atoms with Crippen LogP contribution >= 0.6 is 0 Å². The molecule has 0 radical (unpaired) electrons. The van der Waals surface area contributed by atoms with Gasteiger partial charge in [-0.3, -0.25) is 9.13 Å². The van der Waals surface area contributed by atoms with E-state index in [0.717, 1.165) is 165 Å². The summed E-state index contributed by atoms with van der Waals surface area (Å²) in [4.78, 5) is 22.2. The zero-order valence-corrected chi connectivity index (χ0v) is 56.3. The molecule has 0 atom stereocenters. The maximum atomic E-state index is 7.06. The average Bonchev–Trinajstić information content (AvgIpc) is 1.56. The van der Waals surface area contributed by atoms with Crippen LogP contribution in [0.5, 0.6) is 0 Å². The van der Waals surface area contributed by atoms with Crippen molar-refractivity contribution < 1.29 is 17.7 Å². The van der Waals surface area contributed by atoms with Gasteiger partial charge in [0.2, 0.25) is 17.6 Å². The minimum atomic E-state index is 0.499. The first kappa shape index (κ1) is 57.2. The Bertz CT molecular complexity index is 7780. The molecule has 0 fully saturated rings. The molecular weight excluding hydrogens is 1300 g/mol. The first-order chi connectivity index (χ1) is 52.5. The SMILES string of the molecule is c1ccc(-c2ccc3c(c2)oc2nc(-n4c5ccc6ccccc6c5c5c6ccccc6ccc54)nc(-c4ccc5c(c4)oc4ccc(-c6ccc(-c7ccc8c(c7)oc7c(-c9ccc%10c(c9)oc9ccccc9%10)nc(-n9c%10ccc%11ccccc%11c%10c%10c%11ccccc%11ccc%109)nc78)cc6)cc45)c23)cc1. The summed E-state index contributed by atoms with van der Waals surface area (Å²) >= 11 is 0. The fourth-order valence-corrected chi connectivity index (χ4v) is 17.2. The maximum absolute atomic E-state index is 7.06. The summed E-state index contributed by atoms with van der Waals surface area (Å²) in [6, 6.07) is 112. The molecule has 0 bridgehead atoms. The summed E-state index contributed by atoms with van der Waals surface area (Å²) in [5.41, 5.74) is 20.0. The number of nitrogens with zero attached hydrogens (tertiary/aromatic N) is 6. The Morgan fingerprint density at radius 3 is 1.15 bits per heavy atom. The van der Waals surface area contributed by atoms with Crippen LogP contribution < -0.4 is 0 Å². The van der Waals surface area contributed by atoms with E-state index in [1.165, 1.54) is 43.1 Å². The maximum Gasteiger partial charge on any atom is 0.238 e. The predicted molar refractivity (Wildman–Crippen MR) is 433 cm³/mol. The molecule has 8 heterocycles. The van der Waals surface area contributed by atoms with Gasteiger partial charge in [-0.15, -0.1) is 0 Å². The van der Waals surface area contributed by atoms with Gasteiger partial charge >= 0.3 is 0 Å². The van der Waals surface area contributed by atoms with E-state index >= 15 is 0 Å². The first-order valence-corrected chi connectivity index (χ1v) is 35.7. The highest BCUT2D eigenvalue weighted by molar-refractivity contribution is 6.30. The van der Waals surface area contributed by atoms with Gasteiger partial charge in [0.25, 0.3) is 0 Å². The Morgan fingerprint density at radius 1 is 0.208 bits per heavy atom. The molecule has 490 valence electrons. The van der Waals surface area contributed by atoms with Crippen LogP contribution in [0.2, 0.25) is 0 Å². The molecule has 0 amide bonds. The van der Waals surface area contributed by atoms with Gasteiger partial charge in [0.1, 0.15) is 44.7 Å². The summed E-state index contributed by atoms with van der Waals surface area (Å²) in [7, 11) is 0. The predicted octanol–water partition coefficient (Wildman–Crippen LogP) is 26.0. The largest absolute Gasteiger partial charge is 0.456 e. The Balaban J connectivity index is 0.617. The standard InChI is InChI=1S/C96H52N6O4/c1-2-14-53(15-3-1)61-30-41-72-83(49-61)106-94-89(72)90(97-96(100-94)102-77-45-36-58-18-6-10-22-67(58)87(77)88-68-23-11-7-19-59(68)37-46-78(88)102)63-32-40-71-74-48-60(38-47-80(74)104-82(71)51-63)54-26-28-55(29-27-54)62-31-42-73-84(50-62)105-93-91(64-33-39-70-69-24-12-13-25-79(69)103-81(70)52-64)98-95(99-92(73)93)101-75-43-34-56-16-4-8-20-65(56)85(75)86-66-21-9-5-17-57(66)35-44-76(86)101/h1-52H. The minimum Gasteiger partial charge on any atom is -0.456 e. The molecule has 0 aliphatic carbocycles. The van der Waals surface area contributed by atoms with Gasteiger partial charge in [0.05, 0.1) is 33.1 Å². The molecule has 0 spiro atoms. The monoisotopic (exact) mass is 1350 g/mol. The Hall–Kier alpha value is -14.5. The third-order valence-electron chi connectivity index (χ3n) is 22.2. The van der Waals surface area contributed by atoms with Crippen molar-refractivity contribution in [3.8, 4) is 67.8 Å². The smallest absolute Gasteiger partial charge is 0.238 e. The van der Waals surface area contributed by atoms with E-state index in [2.05, 4.69) is 300 Å². The van der Waals surface area contributed by atoms with Gasteiger partial charge in [-0.1, -0.05) is 224 Å². The van der Waals surface area contributed by atoms with Crippen molar-refractivity contribution in [3.63, 3.8) is 0 Å². The lowest BCUT2D eigenvalue weighted by Gasteiger charge is -2.10. The fraction of sp³-hybridized carbons (Fsp3) is 0. The third-order valence-corrected chi connectivity index (χ3v) is 22.2. The number of rotatable bonds is 7. The quantitative estimate of drug-likeness (QED) is 0.155. The van der Waals surface area contributed by atoms with E-state index in [-0.39, 0.29) is 0 Å². The van der Waals surface area contributed by atoms with Gasteiger partial charge in [0.15, 0.2) is 5.58 Å². The summed E-state index contributed by atoms with van der Waals surface area (Å²) in [6.45, 7) is 0. The fourth-order valence-electron chi connectivity index (χ4n) is 17.2. The topological polar surface area (TPSA) is 114 Å². The van der Waals surface area contributed by atoms with E-state index in [1.807, 2.05) is 24.3 Å². The van der Waals surface area contributed by atoms with Crippen LogP contribution in [0.3, 0.4) is 0 Å². The van der Waals surface area contributed by atoms with Gasteiger partial charge in [-0.05, 0) is 167 Å². The number of benzene rings is 16. The molecule has 24 aromatic rings. The lowest BCUT2D eigenvalue weighted by atomic mass is 9.98.